The molecule has 1 aliphatic rings. The van der Waals surface area contributed by atoms with Crippen molar-refractivity contribution in [2.24, 2.45) is 5.92 Å². The van der Waals surface area contributed by atoms with Crippen LogP contribution in [0.5, 0.6) is 0 Å². The molecule has 96 valence electrons. The molecule has 1 aliphatic carbocycles. The number of nitrogens with one attached hydrogen (secondary N) is 1. The molecule has 0 saturated heterocycles. The van der Waals surface area contributed by atoms with Gasteiger partial charge in [0.15, 0.2) is 0 Å². The van der Waals surface area contributed by atoms with Crippen LogP contribution in [0.4, 0.5) is 0 Å². The van der Waals surface area contributed by atoms with Crippen LogP contribution >= 0.6 is 0 Å². The molecule has 1 fully saturated rings. The number of aryl methyl sites for hydroxylation is 1. The predicted octanol–water partition coefficient (Wildman–Crippen LogP) is 2.78. The minimum Gasteiger partial charge on any atom is -0.330 e. The summed E-state index contributed by atoms with van der Waals surface area (Å²) in [5, 5.41) is 3.48. The summed E-state index contributed by atoms with van der Waals surface area (Å²) < 4.78 is 2.42. The lowest BCUT2D eigenvalue weighted by Gasteiger charge is -2.36. The molecule has 1 N–H and O–H groups in total. The molecule has 1 heterocycles. The van der Waals surface area contributed by atoms with E-state index in [1.54, 1.807) is 0 Å². The number of aromatic nitrogens is 2. The molecule has 3 nitrogen and oxygen atoms in total. The fourth-order valence-electron chi connectivity index (χ4n) is 3.06. The molecular weight excluding hydrogens is 210 g/mol. The number of hydrogen-bond donors (Lipinski definition) is 1. The van der Waals surface area contributed by atoms with Crippen LogP contribution in [-0.2, 0) is 6.42 Å². The van der Waals surface area contributed by atoms with Gasteiger partial charge in [-0.25, -0.2) is 4.98 Å². The number of imidazole rings is 1. The summed E-state index contributed by atoms with van der Waals surface area (Å²) in [6.07, 6.45) is 10.3. The van der Waals surface area contributed by atoms with Crippen LogP contribution in [0.3, 0.4) is 0 Å². The Labute approximate surface area is 105 Å². The molecule has 0 radical (unpaired) electrons. The van der Waals surface area contributed by atoms with Crippen LogP contribution in [0.1, 0.15) is 51.4 Å². The highest BCUT2D eigenvalue weighted by Gasteiger charge is 2.29. The van der Waals surface area contributed by atoms with Gasteiger partial charge in [-0.15, -0.1) is 0 Å². The highest BCUT2D eigenvalue weighted by atomic mass is 15.1. The average molecular weight is 235 g/mol. The first kappa shape index (κ1) is 12.6. The van der Waals surface area contributed by atoms with Crippen molar-refractivity contribution in [3.8, 4) is 0 Å². The van der Waals surface area contributed by atoms with Gasteiger partial charge >= 0.3 is 0 Å². The second-order valence-electron chi connectivity index (χ2n) is 5.38. The highest BCUT2D eigenvalue weighted by Crippen LogP contribution is 2.33. The van der Waals surface area contributed by atoms with Gasteiger partial charge in [-0.2, -0.15) is 0 Å². The summed E-state index contributed by atoms with van der Waals surface area (Å²) in [6.45, 7) is 4.59. The Morgan fingerprint density at radius 3 is 3.00 bits per heavy atom. The van der Waals surface area contributed by atoms with E-state index in [9.17, 15) is 0 Å². The third kappa shape index (κ3) is 2.71. The maximum Gasteiger partial charge on any atom is 0.108 e. The second kappa shape index (κ2) is 5.67. The Bertz CT molecular complexity index is 345. The van der Waals surface area contributed by atoms with Gasteiger partial charge in [0.1, 0.15) is 5.82 Å². The van der Waals surface area contributed by atoms with Crippen molar-refractivity contribution >= 4 is 0 Å². The molecule has 3 heteroatoms. The first-order valence-electron chi connectivity index (χ1n) is 6.95. The van der Waals surface area contributed by atoms with Gasteiger partial charge in [-0.3, -0.25) is 0 Å². The van der Waals surface area contributed by atoms with Gasteiger partial charge in [0, 0.05) is 24.9 Å². The lowest BCUT2D eigenvalue weighted by atomic mass is 9.83. The monoisotopic (exact) mass is 235 g/mol. The lowest BCUT2D eigenvalue weighted by Crippen LogP contribution is -2.40. The second-order valence-corrected chi connectivity index (χ2v) is 5.38. The minimum atomic E-state index is 0.591. The van der Waals surface area contributed by atoms with E-state index in [4.69, 9.17) is 0 Å². The average Bonchev–Trinajstić information content (AvgIpc) is 2.77. The topological polar surface area (TPSA) is 29.9 Å². The minimum absolute atomic E-state index is 0.591. The largest absolute Gasteiger partial charge is 0.330 e. The van der Waals surface area contributed by atoms with Crippen molar-refractivity contribution in [2.75, 3.05) is 7.05 Å². The molecule has 0 aromatic carbocycles. The molecule has 2 rings (SSSR count). The third-order valence-corrected chi connectivity index (χ3v) is 4.03. The zero-order valence-electron chi connectivity index (χ0n) is 11.3. The fraction of sp³-hybridized carbons (Fsp3) is 0.786. The standard InChI is InChI=1S/C14H25N3/c1-4-5-14-16-8-9-17(14)13-10-11(2)6-7-12(13)15-3/h8-9,11-13,15H,4-7,10H2,1-3H3. The van der Waals surface area contributed by atoms with E-state index < -0.39 is 0 Å². The Morgan fingerprint density at radius 2 is 2.29 bits per heavy atom. The molecule has 3 unspecified atom stereocenters. The van der Waals surface area contributed by atoms with E-state index in [1.807, 2.05) is 6.20 Å². The quantitative estimate of drug-likeness (QED) is 0.869. The summed E-state index contributed by atoms with van der Waals surface area (Å²) in [6, 6.07) is 1.20. The fourth-order valence-corrected chi connectivity index (χ4v) is 3.06. The van der Waals surface area contributed by atoms with Crippen molar-refractivity contribution in [1.82, 2.24) is 14.9 Å². The van der Waals surface area contributed by atoms with E-state index in [-0.39, 0.29) is 0 Å². The molecule has 0 spiro atoms. The zero-order valence-corrected chi connectivity index (χ0v) is 11.3. The van der Waals surface area contributed by atoms with E-state index in [0.717, 1.165) is 12.3 Å². The van der Waals surface area contributed by atoms with Crippen LogP contribution in [0.25, 0.3) is 0 Å². The zero-order chi connectivity index (χ0) is 12.3. The summed E-state index contributed by atoms with van der Waals surface area (Å²) >= 11 is 0. The van der Waals surface area contributed by atoms with Gasteiger partial charge < -0.3 is 9.88 Å². The number of likely N-dealkylation sites (N-methyl/N-ethyl adjacent to an activating group) is 1. The van der Waals surface area contributed by atoms with Crippen LogP contribution in [-0.4, -0.2) is 22.6 Å². The first-order valence-corrected chi connectivity index (χ1v) is 6.95. The van der Waals surface area contributed by atoms with Crippen LogP contribution in [0.15, 0.2) is 12.4 Å². The molecule has 1 aromatic heterocycles. The molecule has 0 bridgehead atoms. The van der Waals surface area contributed by atoms with Gasteiger partial charge in [-0.05, 0) is 38.6 Å². The van der Waals surface area contributed by atoms with Gasteiger partial charge in [0.05, 0.1) is 6.04 Å². The first-order chi connectivity index (χ1) is 8.26. The number of nitrogens with zero attached hydrogens (tertiary/aromatic N) is 2. The summed E-state index contributed by atoms with van der Waals surface area (Å²) in [7, 11) is 2.09. The third-order valence-electron chi connectivity index (χ3n) is 4.03. The maximum atomic E-state index is 4.51. The Kier molecular flexibility index (Phi) is 4.21. The number of hydrogen-bond acceptors (Lipinski definition) is 2. The molecule has 17 heavy (non-hydrogen) atoms. The van der Waals surface area contributed by atoms with Gasteiger partial charge in [-0.1, -0.05) is 13.8 Å². The summed E-state index contributed by atoms with van der Waals surface area (Å²) in [5.74, 6) is 2.09. The normalized spacial score (nSPS) is 29.5. The smallest absolute Gasteiger partial charge is 0.108 e. The van der Waals surface area contributed by atoms with Crippen molar-refractivity contribution in [1.29, 1.82) is 0 Å². The summed E-state index contributed by atoms with van der Waals surface area (Å²) in [5.41, 5.74) is 0. The van der Waals surface area contributed by atoms with E-state index in [0.29, 0.717) is 12.1 Å². The van der Waals surface area contributed by atoms with Crippen LogP contribution in [0, 0.1) is 5.92 Å². The molecule has 0 aliphatic heterocycles. The SMILES string of the molecule is CCCc1nccn1C1CC(C)CCC1NC. The van der Waals surface area contributed by atoms with Gasteiger partial charge in [0.25, 0.3) is 0 Å². The predicted molar refractivity (Wildman–Crippen MR) is 71.1 cm³/mol. The molecular formula is C14H25N3. The van der Waals surface area contributed by atoms with E-state index in [2.05, 4.69) is 42.0 Å². The van der Waals surface area contributed by atoms with Crippen molar-refractivity contribution in [2.45, 2.75) is 58.0 Å². The molecule has 3 atom stereocenters. The van der Waals surface area contributed by atoms with Crippen molar-refractivity contribution < 1.29 is 0 Å². The van der Waals surface area contributed by atoms with E-state index >= 15 is 0 Å². The Morgan fingerprint density at radius 1 is 1.47 bits per heavy atom. The number of rotatable bonds is 4. The van der Waals surface area contributed by atoms with Crippen molar-refractivity contribution in [3.63, 3.8) is 0 Å². The molecule has 1 saturated carbocycles. The Hall–Kier alpha value is -0.830. The maximum absolute atomic E-state index is 4.51. The summed E-state index contributed by atoms with van der Waals surface area (Å²) in [4.78, 5) is 4.51. The molecule has 0 amide bonds. The highest BCUT2D eigenvalue weighted by molar-refractivity contribution is 5.00. The molecule has 1 aromatic rings. The van der Waals surface area contributed by atoms with Crippen LogP contribution < -0.4 is 5.32 Å². The van der Waals surface area contributed by atoms with Crippen molar-refractivity contribution in [3.05, 3.63) is 18.2 Å². The Balaban J connectivity index is 2.19. The lowest BCUT2D eigenvalue weighted by molar-refractivity contribution is 0.220. The van der Waals surface area contributed by atoms with E-state index in [1.165, 1.54) is 31.5 Å². The van der Waals surface area contributed by atoms with Crippen LogP contribution in [0.2, 0.25) is 0 Å². The van der Waals surface area contributed by atoms with Gasteiger partial charge in [0.2, 0.25) is 0 Å².